The maximum absolute atomic E-state index is 11.7. The number of carbonyl (C=O) groups excluding carboxylic acids is 1. The van der Waals surface area contributed by atoms with Crippen LogP contribution >= 0.6 is 11.3 Å². The number of Topliss-reactive ketones (excluding diaryl/α,β-unsaturated/α-hetero) is 1. The Hall–Kier alpha value is -2.08. The molecule has 0 radical (unpaired) electrons. The molecule has 0 amide bonds. The van der Waals surface area contributed by atoms with Crippen LogP contribution in [0.1, 0.15) is 16.6 Å². The van der Waals surface area contributed by atoms with Crippen molar-refractivity contribution in [3.63, 3.8) is 0 Å². The second kappa shape index (κ2) is 4.55. The van der Waals surface area contributed by atoms with Crippen LogP contribution in [0, 0.1) is 0 Å². The van der Waals surface area contributed by atoms with Gasteiger partial charge >= 0.3 is 0 Å². The quantitative estimate of drug-likeness (QED) is 0.873. The predicted octanol–water partition coefficient (Wildman–Crippen LogP) is 2.78. The molecule has 0 saturated carbocycles. The molecule has 0 aliphatic carbocycles. The second-order valence-electron chi connectivity index (χ2n) is 4.07. The van der Waals surface area contributed by atoms with Crippen molar-refractivity contribution in [3.05, 3.63) is 23.1 Å². The maximum atomic E-state index is 11.7. The molecule has 1 aliphatic rings. The Morgan fingerprint density at radius 2 is 2.16 bits per heavy atom. The van der Waals surface area contributed by atoms with Gasteiger partial charge in [-0.3, -0.25) is 4.79 Å². The van der Waals surface area contributed by atoms with Crippen molar-refractivity contribution < 1.29 is 14.3 Å². The Balaban J connectivity index is 2.10. The zero-order valence-corrected chi connectivity index (χ0v) is 11.3. The summed E-state index contributed by atoms with van der Waals surface area (Å²) >= 11 is 1.35. The van der Waals surface area contributed by atoms with Crippen LogP contribution in [-0.2, 0) is 0 Å². The number of anilines is 1. The van der Waals surface area contributed by atoms with Gasteiger partial charge in [-0.15, -0.1) is 0 Å². The second-order valence-corrected chi connectivity index (χ2v) is 5.07. The van der Waals surface area contributed by atoms with Crippen molar-refractivity contribution in [3.8, 4) is 22.8 Å². The summed E-state index contributed by atoms with van der Waals surface area (Å²) in [4.78, 5) is 16.8. The van der Waals surface area contributed by atoms with E-state index in [0.717, 1.165) is 16.4 Å². The van der Waals surface area contributed by atoms with E-state index in [4.69, 9.17) is 9.47 Å². The number of ether oxygens (including phenoxy) is 2. The van der Waals surface area contributed by atoms with Crippen molar-refractivity contribution in [2.75, 3.05) is 19.2 Å². The van der Waals surface area contributed by atoms with Crippen LogP contribution in [0.5, 0.6) is 11.5 Å². The van der Waals surface area contributed by atoms with Crippen LogP contribution in [0.2, 0.25) is 0 Å². The highest BCUT2D eigenvalue weighted by molar-refractivity contribution is 7.18. The van der Waals surface area contributed by atoms with Crippen LogP contribution in [0.3, 0.4) is 0 Å². The first-order valence-corrected chi connectivity index (χ1v) is 6.60. The molecule has 1 aromatic heterocycles. The van der Waals surface area contributed by atoms with Gasteiger partial charge in [-0.1, -0.05) is 11.3 Å². The number of thiazole rings is 1. The van der Waals surface area contributed by atoms with Gasteiger partial charge in [0.05, 0.1) is 10.6 Å². The van der Waals surface area contributed by atoms with E-state index in [0.29, 0.717) is 16.3 Å². The summed E-state index contributed by atoms with van der Waals surface area (Å²) in [6.07, 6.45) is 0. The normalized spacial score (nSPS) is 12.5. The average Bonchev–Trinajstić information content (AvgIpc) is 3.04. The molecule has 1 N–H and O–H groups in total. The summed E-state index contributed by atoms with van der Waals surface area (Å²) in [6, 6.07) is 5.57. The molecule has 19 heavy (non-hydrogen) atoms. The summed E-state index contributed by atoms with van der Waals surface area (Å²) in [5.41, 5.74) is 1.53. The van der Waals surface area contributed by atoms with E-state index in [-0.39, 0.29) is 12.6 Å². The largest absolute Gasteiger partial charge is 0.454 e. The lowest BCUT2D eigenvalue weighted by Crippen LogP contribution is -1.93. The summed E-state index contributed by atoms with van der Waals surface area (Å²) in [6.45, 7) is 1.78. The fourth-order valence-electron chi connectivity index (χ4n) is 1.91. The molecule has 98 valence electrons. The van der Waals surface area contributed by atoms with Crippen molar-refractivity contribution in [1.82, 2.24) is 4.98 Å². The zero-order chi connectivity index (χ0) is 13.4. The molecule has 2 aromatic rings. The molecule has 0 bridgehead atoms. The van der Waals surface area contributed by atoms with E-state index < -0.39 is 0 Å². The Morgan fingerprint density at radius 3 is 2.89 bits per heavy atom. The number of hydrogen-bond acceptors (Lipinski definition) is 6. The molecular formula is C13H12N2O3S. The predicted molar refractivity (Wildman–Crippen MR) is 73.2 cm³/mol. The third kappa shape index (κ3) is 2.04. The van der Waals surface area contributed by atoms with Gasteiger partial charge in [0.1, 0.15) is 0 Å². The lowest BCUT2D eigenvalue weighted by atomic mass is 10.1. The molecule has 2 heterocycles. The number of aromatic nitrogens is 1. The van der Waals surface area contributed by atoms with E-state index in [2.05, 4.69) is 10.3 Å². The fourth-order valence-corrected chi connectivity index (χ4v) is 2.74. The molecule has 0 saturated heterocycles. The number of nitrogens with zero attached hydrogens (tertiary/aromatic N) is 1. The monoisotopic (exact) mass is 276 g/mol. The Morgan fingerprint density at radius 1 is 1.37 bits per heavy atom. The minimum absolute atomic E-state index is 0.00617. The minimum atomic E-state index is 0.00617. The highest BCUT2D eigenvalue weighted by Gasteiger charge is 2.19. The van der Waals surface area contributed by atoms with Gasteiger partial charge in [-0.2, -0.15) is 0 Å². The molecule has 1 aromatic carbocycles. The van der Waals surface area contributed by atoms with Crippen LogP contribution in [0.25, 0.3) is 11.3 Å². The number of carbonyl (C=O) groups is 1. The third-order valence-corrected chi connectivity index (χ3v) is 3.98. The molecule has 3 rings (SSSR count). The Labute approximate surface area is 114 Å². The van der Waals surface area contributed by atoms with E-state index >= 15 is 0 Å². The lowest BCUT2D eigenvalue weighted by molar-refractivity contribution is 0.102. The van der Waals surface area contributed by atoms with Crippen molar-refractivity contribution in [1.29, 1.82) is 0 Å². The number of ketones is 1. The van der Waals surface area contributed by atoms with Crippen molar-refractivity contribution in [2.24, 2.45) is 0 Å². The van der Waals surface area contributed by atoms with Gasteiger partial charge in [0.15, 0.2) is 22.4 Å². The van der Waals surface area contributed by atoms with Crippen molar-refractivity contribution >= 4 is 22.3 Å². The average molecular weight is 276 g/mol. The van der Waals surface area contributed by atoms with Gasteiger partial charge in [0.25, 0.3) is 0 Å². The standard InChI is InChI=1S/C13H12N2O3S/c1-7(16)12-11(15-13(14-2)19-12)8-3-4-9-10(5-8)18-6-17-9/h3-5H,6H2,1-2H3,(H,14,15). The molecule has 5 nitrogen and oxygen atoms in total. The number of nitrogens with one attached hydrogen (secondary N) is 1. The molecule has 0 unspecified atom stereocenters. The highest BCUT2D eigenvalue weighted by atomic mass is 32.1. The van der Waals surface area contributed by atoms with E-state index in [9.17, 15) is 4.79 Å². The van der Waals surface area contributed by atoms with Crippen LogP contribution < -0.4 is 14.8 Å². The SMILES string of the molecule is CNc1nc(-c2ccc3c(c2)OCO3)c(C(C)=O)s1. The Bertz CT molecular complexity index is 651. The van der Waals surface area contributed by atoms with Gasteiger partial charge in [-0.05, 0) is 18.2 Å². The van der Waals surface area contributed by atoms with Crippen LogP contribution in [-0.4, -0.2) is 24.6 Å². The lowest BCUT2D eigenvalue weighted by Gasteiger charge is -2.01. The van der Waals surface area contributed by atoms with Gasteiger partial charge in [-0.25, -0.2) is 4.98 Å². The minimum Gasteiger partial charge on any atom is -0.454 e. The third-order valence-electron chi connectivity index (χ3n) is 2.81. The molecule has 1 aliphatic heterocycles. The number of fused-ring (bicyclic) bond motifs is 1. The molecule has 0 fully saturated rings. The van der Waals surface area contributed by atoms with Gasteiger partial charge < -0.3 is 14.8 Å². The molecule has 0 spiro atoms. The number of rotatable bonds is 3. The van der Waals surface area contributed by atoms with E-state index in [1.54, 1.807) is 14.0 Å². The first-order chi connectivity index (χ1) is 9.19. The smallest absolute Gasteiger partial charge is 0.231 e. The molecule has 0 atom stereocenters. The number of hydrogen-bond donors (Lipinski definition) is 1. The highest BCUT2D eigenvalue weighted by Crippen LogP contribution is 2.38. The topological polar surface area (TPSA) is 60.5 Å². The van der Waals surface area contributed by atoms with Crippen LogP contribution in [0.15, 0.2) is 18.2 Å². The van der Waals surface area contributed by atoms with E-state index in [1.165, 1.54) is 11.3 Å². The first-order valence-electron chi connectivity index (χ1n) is 5.78. The van der Waals surface area contributed by atoms with Crippen LogP contribution in [0.4, 0.5) is 5.13 Å². The van der Waals surface area contributed by atoms with Gasteiger partial charge in [0.2, 0.25) is 6.79 Å². The summed E-state index contributed by atoms with van der Waals surface area (Å²) in [7, 11) is 1.78. The number of benzene rings is 1. The summed E-state index contributed by atoms with van der Waals surface area (Å²) in [5.74, 6) is 1.41. The first kappa shape index (κ1) is 12.0. The van der Waals surface area contributed by atoms with Gasteiger partial charge in [0, 0.05) is 19.5 Å². The summed E-state index contributed by atoms with van der Waals surface area (Å²) < 4.78 is 10.6. The molecule has 6 heteroatoms. The maximum Gasteiger partial charge on any atom is 0.231 e. The zero-order valence-electron chi connectivity index (χ0n) is 10.5. The van der Waals surface area contributed by atoms with E-state index in [1.807, 2.05) is 18.2 Å². The molecular weight excluding hydrogens is 264 g/mol. The van der Waals surface area contributed by atoms with Crippen molar-refractivity contribution in [2.45, 2.75) is 6.92 Å². The Kier molecular flexibility index (Phi) is 2.87. The summed E-state index contributed by atoms with van der Waals surface area (Å²) in [5, 5.41) is 3.68. The fraction of sp³-hybridized carbons (Fsp3) is 0.231.